The predicted octanol–water partition coefficient (Wildman–Crippen LogP) is 3.38. The van der Waals surface area contributed by atoms with Crippen molar-refractivity contribution in [2.24, 2.45) is 0 Å². The molecule has 130 valence electrons. The number of carbonyl (C=O) groups is 1. The molecule has 25 heavy (non-hydrogen) atoms. The molecule has 0 aliphatic carbocycles. The van der Waals surface area contributed by atoms with Gasteiger partial charge in [0.05, 0.1) is 18.0 Å². The van der Waals surface area contributed by atoms with Crippen molar-refractivity contribution in [1.82, 2.24) is 15.0 Å². The number of hydrogen-bond donors (Lipinski definition) is 0. The van der Waals surface area contributed by atoms with E-state index >= 15 is 0 Å². The molecule has 3 aromatic rings. The summed E-state index contributed by atoms with van der Waals surface area (Å²) in [6.07, 6.45) is 2.28. The van der Waals surface area contributed by atoms with Crippen LogP contribution in [0.2, 0.25) is 0 Å². The van der Waals surface area contributed by atoms with Crippen molar-refractivity contribution in [3.8, 4) is 0 Å². The SMILES string of the molecule is Cc1noc(C)c1CC(=O)N1CCC[C@H](c2nc3ccccc3o2)C1. The minimum atomic E-state index is 0.107. The summed E-state index contributed by atoms with van der Waals surface area (Å²) in [5, 5.41) is 3.93. The average molecular weight is 339 g/mol. The van der Waals surface area contributed by atoms with Gasteiger partial charge in [-0.1, -0.05) is 17.3 Å². The van der Waals surface area contributed by atoms with Gasteiger partial charge in [-0.05, 0) is 38.8 Å². The summed E-state index contributed by atoms with van der Waals surface area (Å²) < 4.78 is 11.1. The number of likely N-dealkylation sites (tertiary alicyclic amines) is 1. The van der Waals surface area contributed by atoms with Crippen molar-refractivity contribution in [2.75, 3.05) is 13.1 Å². The van der Waals surface area contributed by atoms with Crippen molar-refractivity contribution in [2.45, 2.75) is 39.0 Å². The second-order valence-corrected chi connectivity index (χ2v) is 6.68. The summed E-state index contributed by atoms with van der Waals surface area (Å²) in [5.41, 5.74) is 3.36. The standard InChI is InChI=1S/C19H21N3O3/c1-12-15(13(2)25-21-12)10-18(23)22-9-5-6-14(11-22)19-20-16-7-3-4-8-17(16)24-19/h3-4,7-8,14H,5-6,9-11H2,1-2H3/t14-/m0/s1. The molecule has 0 unspecified atom stereocenters. The molecule has 6 heteroatoms. The van der Waals surface area contributed by atoms with Crippen LogP contribution in [0.15, 0.2) is 33.2 Å². The van der Waals surface area contributed by atoms with Crippen molar-refractivity contribution in [1.29, 1.82) is 0 Å². The lowest BCUT2D eigenvalue weighted by Gasteiger charge is -2.31. The fourth-order valence-electron chi connectivity index (χ4n) is 3.49. The quantitative estimate of drug-likeness (QED) is 0.731. The summed E-state index contributed by atoms with van der Waals surface area (Å²) in [5.74, 6) is 1.71. The zero-order valence-electron chi connectivity index (χ0n) is 14.5. The molecule has 6 nitrogen and oxygen atoms in total. The van der Waals surface area contributed by atoms with E-state index in [1.165, 1.54) is 0 Å². The third-order valence-electron chi connectivity index (χ3n) is 4.94. The van der Waals surface area contributed by atoms with E-state index in [2.05, 4.69) is 10.1 Å². The molecule has 1 saturated heterocycles. The van der Waals surface area contributed by atoms with E-state index in [1.54, 1.807) is 0 Å². The lowest BCUT2D eigenvalue weighted by molar-refractivity contribution is -0.131. The van der Waals surface area contributed by atoms with E-state index < -0.39 is 0 Å². The van der Waals surface area contributed by atoms with Crippen LogP contribution in [0.25, 0.3) is 11.1 Å². The molecule has 0 spiro atoms. The normalized spacial score (nSPS) is 18.0. The Bertz CT molecular complexity index is 859. The van der Waals surface area contributed by atoms with Crippen LogP contribution in [0.4, 0.5) is 0 Å². The minimum absolute atomic E-state index is 0.107. The van der Waals surface area contributed by atoms with Gasteiger partial charge in [-0.25, -0.2) is 4.98 Å². The van der Waals surface area contributed by atoms with E-state index in [1.807, 2.05) is 43.0 Å². The molecule has 0 radical (unpaired) electrons. The molecule has 0 bridgehead atoms. The van der Waals surface area contributed by atoms with Gasteiger partial charge in [-0.3, -0.25) is 4.79 Å². The number of aryl methyl sites for hydroxylation is 2. The zero-order chi connectivity index (χ0) is 17.4. The van der Waals surface area contributed by atoms with Crippen LogP contribution in [0, 0.1) is 13.8 Å². The number of para-hydroxylation sites is 2. The third kappa shape index (κ3) is 3.04. The number of hydrogen-bond acceptors (Lipinski definition) is 5. The Morgan fingerprint density at radius 2 is 2.16 bits per heavy atom. The average Bonchev–Trinajstić information content (AvgIpc) is 3.20. The number of piperidine rings is 1. The highest BCUT2D eigenvalue weighted by atomic mass is 16.5. The first-order valence-electron chi connectivity index (χ1n) is 8.67. The van der Waals surface area contributed by atoms with Gasteiger partial charge in [0, 0.05) is 18.7 Å². The van der Waals surface area contributed by atoms with Gasteiger partial charge < -0.3 is 13.8 Å². The maximum Gasteiger partial charge on any atom is 0.227 e. The van der Waals surface area contributed by atoms with E-state index in [0.29, 0.717) is 13.0 Å². The Balaban J connectivity index is 1.49. The molecule has 4 rings (SSSR count). The van der Waals surface area contributed by atoms with E-state index in [4.69, 9.17) is 8.94 Å². The topological polar surface area (TPSA) is 72.4 Å². The number of rotatable bonds is 3. The van der Waals surface area contributed by atoms with Crippen LogP contribution < -0.4 is 0 Å². The Labute approximate surface area is 145 Å². The monoisotopic (exact) mass is 339 g/mol. The molecular formula is C19H21N3O3. The molecule has 0 N–H and O–H groups in total. The number of carbonyl (C=O) groups excluding carboxylic acids is 1. The van der Waals surface area contributed by atoms with Crippen LogP contribution in [-0.4, -0.2) is 34.0 Å². The lowest BCUT2D eigenvalue weighted by atomic mass is 9.97. The molecule has 0 saturated carbocycles. The summed E-state index contributed by atoms with van der Waals surface area (Å²) in [4.78, 5) is 19.2. The first kappa shape index (κ1) is 15.9. The predicted molar refractivity (Wildman–Crippen MR) is 92.2 cm³/mol. The molecule has 1 amide bonds. The minimum Gasteiger partial charge on any atom is -0.440 e. The largest absolute Gasteiger partial charge is 0.440 e. The number of amides is 1. The molecule has 1 aliphatic rings. The van der Waals surface area contributed by atoms with Gasteiger partial charge in [-0.2, -0.15) is 0 Å². The third-order valence-corrected chi connectivity index (χ3v) is 4.94. The van der Waals surface area contributed by atoms with Crippen molar-refractivity contribution in [3.05, 3.63) is 47.2 Å². The second kappa shape index (κ2) is 6.35. The molecule has 3 heterocycles. The highest BCUT2D eigenvalue weighted by molar-refractivity contribution is 5.79. The summed E-state index contributed by atoms with van der Waals surface area (Å²) in [7, 11) is 0. The van der Waals surface area contributed by atoms with E-state index in [-0.39, 0.29) is 11.8 Å². The Hall–Kier alpha value is -2.63. The van der Waals surface area contributed by atoms with Gasteiger partial charge in [0.1, 0.15) is 11.3 Å². The fraction of sp³-hybridized carbons (Fsp3) is 0.421. The highest BCUT2D eigenvalue weighted by Gasteiger charge is 2.29. The first-order valence-corrected chi connectivity index (χ1v) is 8.67. The molecular weight excluding hydrogens is 318 g/mol. The number of benzene rings is 1. The number of nitrogens with zero attached hydrogens (tertiary/aromatic N) is 3. The van der Waals surface area contributed by atoms with E-state index in [0.717, 1.165) is 53.4 Å². The second-order valence-electron chi connectivity index (χ2n) is 6.68. The van der Waals surface area contributed by atoms with Crippen LogP contribution in [-0.2, 0) is 11.2 Å². The Morgan fingerprint density at radius 1 is 1.32 bits per heavy atom. The van der Waals surface area contributed by atoms with Gasteiger partial charge >= 0.3 is 0 Å². The maximum atomic E-state index is 12.7. The molecule has 1 atom stereocenters. The smallest absolute Gasteiger partial charge is 0.227 e. The summed E-state index contributed by atoms with van der Waals surface area (Å²) in [6.45, 7) is 5.14. The van der Waals surface area contributed by atoms with Crippen molar-refractivity contribution in [3.63, 3.8) is 0 Å². The van der Waals surface area contributed by atoms with Crippen molar-refractivity contribution < 1.29 is 13.7 Å². The van der Waals surface area contributed by atoms with Gasteiger partial charge in [0.15, 0.2) is 11.5 Å². The lowest BCUT2D eigenvalue weighted by Crippen LogP contribution is -2.40. The van der Waals surface area contributed by atoms with Gasteiger partial charge in [0.25, 0.3) is 0 Å². The summed E-state index contributed by atoms with van der Waals surface area (Å²) >= 11 is 0. The number of aromatic nitrogens is 2. The maximum absolute atomic E-state index is 12.7. The molecule has 2 aromatic heterocycles. The van der Waals surface area contributed by atoms with Crippen LogP contribution in [0.3, 0.4) is 0 Å². The van der Waals surface area contributed by atoms with Gasteiger partial charge in [0.2, 0.25) is 5.91 Å². The molecule has 1 aliphatic heterocycles. The van der Waals surface area contributed by atoms with Crippen LogP contribution >= 0.6 is 0 Å². The molecule has 1 aromatic carbocycles. The number of fused-ring (bicyclic) bond motifs is 1. The Morgan fingerprint density at radius 3 is 2.92 bits per heavy atom. The fourth-order valence-corrected chi connectivity index (χ4v) is 3.49. The zero-order valence-corrected chi connectivity index (χ0v) is 14.5. The molecule has 1 fully saturated rings. The van der Waals surface area contributed by atoms with Crippen LogP contribution in [0.5, 0.6) is 0 Å². The van der Waals surface area contributed by atoms with E-state index in [9.17, 15) is 4.79 Å². The highest BCUT2D eigenvalue weighted by Crippen LogP contribution is 2.29. The van der Waals surface area contributed by atoms with Gasteiger partial charge in [-0.15, -0.1) is 0 Å². The Kier molecular flexibility index (Phi) is 4.03. The first-order chi connectivity index (χ1) is 12.1. The summed E-state index contributed by atoms with van der Waals surface area (Å²) in [6, 6.07) is 7.77. The van der Waals surface area contributed by atoms with Crippen molar-refractivity contribution >= 4 is 17.0 Å². The van der Waals surface area contributed by atoms with Crippen LogP contribution in [0.1, 0.15) is 41.7 Å². The number of oxazole rings is 1.